The first kappa shape index (κ1) is 15.7. The van der Waals surface area contributed by atoms with Crippen molar-refractivity contribution in [2.45, 2.75) is 20.0 Å². The Morgan fingerprint density at radius 3 is 2.68 bits per heavy atom. The second-order valence-corrected chi connectivity index (χ2v) is 4.82. The van der Waals surface area contributed by atoms with Crippen LogP contribution in [0.1, 0.15) is 24.2 Å². The van der Waals surface area contributed by atoms with Gasteiger partial charge in [0.25, 0.3) is 0 Å². The average molecular weight is 305 g/mol. The zero-order valence-electron chi connectivity index (χ0n) is 12.2. The summed E-state index contributed by atoms with van der Waals surface area (Å²) in [4.78, 5) is 23.0. The van der Waals surface area contributed by atoms with Gasteiger partial charge < -0.3 is 10.1 Å². The molecule has 1 aromatic carbocycles. The summed E-state index contributed by atoms with van der Waals surface area (Å²) >= 11 is 0. The lowest BCUT2D eigenvalue weighted by Gasteiger charge is -2.13. The second kappa shape index (κ2) is 6.84. The number of nitrogens with zero attached hydrogens (tertiary/aromatic N) is 1. The Kier molecular flexibility index (Phi) is 4.88. The van der Waals surface area contributed by atoms with Crippen LogP contribution in [0.3, 0.4) is 0 Å². The molecule has 7 heteroatoms. The molecule has 116 valence electrons. The Hall–Kier alpha value is -2.70. The molecular weight excluding hydrogens is 289 g/mol. The van der Waals surface area contributed by atoms with Crippen molar-refractivity contribution in [3.63, 3.8) is 0 Å². The fourth-order valence-corrected chi connectivity index (χ4v) is 1.85. The Morgan fingerprint density at radius 1 is 1.36 bits per heavy atom. The molecular formula is C15H16FN3O3. The lowest BCUT2D eigenvalue weighted by Crippen LogP contribution is -2.31. The van der Waals surface area contributed by atoms with Crippen LogP contribution in [0, 0.1) is 5.82 Å². The Morgan fingerprint density at radius 2 is 2.05 bits per heavy atom. The van der Waals surface area contributed by atoms with Gasteiger partial charge in [-0.05, 0) is 31.2 Å². The standard InChI is InChI=1S/C15H16FN3O3/c1-9(7-17-10(2)20)22-15(21)13-8-18-19-14(13)11-3-5-12(16)6-4-11/h3-6,8-9H,7H2,1-2H3,(H,17,20)(H,18,19)/t9-/m1/s1. The van der Waals surface area contributed by atoms with Gasteiger partial charge in [-0.2, -0.15) is 5.10 Å². The minimum Gasteiger partial charge on any atom is -0.457 e. The quantitative estimate of drug-likeness (QED) is 0.826. The summed E-state index contributed by atoms with van der Waals surface area (Å²) < 4.78 is 18.2. The van der Waals surface area contributed by atoms with Crippen molar-refractivity contribution < 1.29 is 18.7 Å². The van der Waals surface area contributed by atoms with Gasteiger partial charge in [-0.15, -0.1) is 0 Å². The molecule has 0 saturated heterocycles. The van der Waals surface area contributed by atoms with Crippen LogP contribution < -0.4 is 5.32 Å². The van der Waals surface area contributed by atoms with Crippen LogP contribution >= 0.6 is 0 Å². The van der Waals surface area contributed by atoms with Crippen LogP contribution in [0.2, 0.25) is 0 Å². The zero-order valence-corrected chi connectivity index (χ0v) is 12.2. The molecule has 22 heavy (non-hydrogen) atoms. The van der Waals surface area contributed by atoms with Gasteiger partial charge in [-0.25, -0.2) is 9.18 Å². The summed E-state index contributed by atoms with van der Waals surface area (Å²) in [5.74, 6) is -1.12. The summed E-state index contributed by atoms with van der Waals surface area (Å²) in [6.45, 7) is 3.29. The smallest absolute Gasteiger partial charge is 0.342 e. The summed E-state index contributed by atoms with van der Waals surface area (Å²) in [7, 11) is 0. The SMILES string of the molecule is CC(=O)NC[C@@H](C)OC(=O)c1cn[nH]c1-c1ccc(F)cc1. The van der Waals surface area contributed by atoms with Crippen molar-refractivity contribution in [2.75, 3.05) is 6.54 Å². The molecule has 0 unspecified atom stereocenters. The molecule has 1 amide bonds. The molecule has 0 bridgehead atoms. The molecule has 0 spiro atoms. The number of aromatic amines is 1. The Balaban J connectivity index is 2.10. The second-order valence-electron chi connectivity index (χ2n) is 4.82. The first-order valence-corrected chi connectivity index (χ1v) is 6.72. The number of carbonyl (C=O) groups excluding carboxylic acids is 2. The minimum absolute atomic E-state index is 0.196. The highest BCUT2D eigenvalue weighted by molar-refractivity contribution is 5.96. The van der Waals surface area contributed by atoms with Crippen molar-refractivity contribution in [1.82, 2.24) is 15.5 Å². The summed E-state index contributed by atoms with van der Waals surface area (Å²) in [5.41, 5.74) is 1.33. The van der Waals surface area contributed by atoms with Gasteiger partial charge in [0.1, 0.15) is 17.5 Å². The van der Waals surface area contributed by atoms with Gasteiger partial charge in [-0.1, -0.05) is 0 Å². The molecule has 2 aromatic rings. The molecule has 0 aliphatic rings. The Bertz CT molecular complexity index is 667. The third kappa shape index (κ3) is 3.91. The van der Waals surface area contributed by atoms with Crippen LogP contribution in [-0.2, 0) is 9.53 Å². The number of aromatic nitrogens is 2. The molecule has 0 radical (unpaired) electrons. The highest BCUT2D eigenvalue weighted by Gasteiger charge is 2.19. The third-order valence-corrected chi connectivity index (χ3v) is 2.94. The number of hydrogen-bond donors (Lipinski definition) is 2. The normalized spacial score (nSPS) is 11.8. The number of halogens is 1. The summed E-state index contributed by atoms with van der Waals surface area (Å²) in [5, 5.41) is 9.10. The first-order chi connectivity index (χ1) is 10.5. The number of rotatable bonds is 5. The van der Waals surface area contributed by atoms with Crippen molar-refractivity contribution in [1.29, 1.82) is 0 Å². The summed E-state index contributed by atoms with van der Waals surface area (Å²) in [6, 6.07) is 5.68. The fraction of sp³-hybridized carbons (Fsp3) is 0.267. The molecule has 1 aromatic heterocycles. The monoisotopic (exact) mass is 305 g/mol. The zero-order chi connectivity index (χ0) is 16.1. The van der Waals surface area contributed by atoms with E-state index >= 15 is 0 Å². The molecule has 6 nitrogen and oxygen atoms in total. The highest BCUT2D eigenvalue weighted by atomic mass is 19.1. The molecule has 1 heterocycles. The number of esters is 1. The highest BCUT2D eigenvalue weighted by Crippen LogP contribution is 2.22. The molecule has 0 aliphatic heterocycles. The lowest BCUT2D eigenvalue weighted by molar-refractivity contribution is -0.119. The topological polar surface area (TPSA) is 84.1 Å². The Labute approximate surface area is 126 Å². The van der Waals surface area contributed by atoms with Crippen molar-refractivity contribution >= 4 is 11.9 Å². The van der Waals surface area contributed by atoms with E-state index in [2.05, 4.69) is 15.5 Å². The predicted molar refractivity (Wildman–Crippen MR) is 77.5 cm³/mol. The van der Waals surface area contributed by atoms with E-state index in [-0.39, 0.29) is 23.8 Å². The van der Waals surface area contributed by atoms with E-state index in [1.807, 2.05) is 0 Å². The van der Waals surface area contributed by atoms with Gasteiger partial charge in [0.05, 0.1) is 18.4 Å². The van der Waals surface area contributed by atoms with Crippen molar-refractivity contribution in [3.8, 4) is 11.3 Å². The van der Waals surface area contributed by atoms with E-state index in [1.165, 1.54) is 25.3 Å². The number of amides is 1. The minimum atomic E-state index is -0.564. The maximum Gasteiger partial charge on any atom is 0.342 e. The lowest BCUT2D eigenvalue weighted by atomic mass is 10.1. The van der Waals surface area contributed by atoms with E-state index in [0.717, 1.165) is 0 Å². The van der Waals surface area contributed by atoms with Gasteiger partial charge in [-0.3, -0.25) is 9.89 Å². The molecule has 0 fully saturated rings. The number of benzene rings is 1. The van der Waals surface area contributed by atoms with Crippen molar-refractivity contribution in [3.05, 3.63) is 41.8 Å². The third-order valence-electron chi connectivity index (χ3n) is 2.94. The fourth-order valence-electron chi connectivity index (χ4n) is 1.85. The first-order valence-electron chi connectivity index (χ1n) is 6.72. The van der Waals surface area contributed by atoms with E-state index in [9.17, 15) is 14.0 Å². The van der Waals surface area contributed by atoms with Crippen molar-refractivity contribution in [2.24, 2.45) is 0 Å². The van der Waals surface area contributed by atoms with Crippen LogP contribution in [0.25, 0.3) is 11.3 Å². The number of ether oxygens (including phenoxy) is 1. The van der Waals surface area contributed by atoms with Crippen LogP contribution in [0.15, 0.2) is 30.5 Å². The molecule has 0 saturated carbocycles. The predicted octanol–water partition coefficient (Wildman–Crippen LogP) is 1.90. The van der Waals surface area contributed by atoms with Crippen LogP contribution in [0.4, 0.5) is 4.39 Å². The van der Waals surface area contributed by atoms with Gasteiger partial charge in [0.15, 0.2) is 0 Å². The average Bonchev–Trinajstić information content (AvgIpc) is 2.95. The molecule has 2 N–H and O–H groups in total. The summed E-state index contributed by atoms with van der Waals surface area (Å²) in [6.07, 6.45) is 0.874. The van der Waals surface area contributed by atoms with E-state index < -0.39 is 12.1 Å². The van der Waals surface area contributed by atoms with E-state index in [4.69, 9.17) is 4.74 Å². The van der Waals surface area contributed by atoms with Crippen LogP contribution in [0.5, 0.6) is 0 Å². The van der Waals surface area contributed by atoms with Crippen LogP contribution in [-0.4, -0.2) is 34.7 Å². The molecule has 2 rings (SSSR count). The molecule has 1 atom stereocenters. The maximum atomic E-state index is 13.0. The number of H-pyrrole nitrogens is 1. The molecule has 0 aliphatic carbocycles. The van der Waals surface area contributed by atoms with E-state index in [1.54, 1.807) is 19.1 Å². The van der Waals surface area contributed by atoms with Gasteiger partial charge >= 0.3 is 5.97 Å². The van der Waals surface area contributed by atoms with Gasteiger partial charge in [0, 0.05) is 12.5 Å². The largest absolute Gasteiger partial charge is 0.457 e. The van der Waals surface area contributed by atoms with Gasteiger partial charge in [0.2, 0.25) is 5.91 Å². The van der Waals surface area contributed by atoms with E-state index in [0.29, 0.717) is 11.3 Å². The maximum absolute atomic E-state index is 13.0. The number of nitrogens with one attached hydrogen (secondary N) is 2. The number of hydrogen-bond acceptors (Lipinski definition) is 4. The number of carbonyl (C=O) groups is 2.